The largest absolute Gasteiger partial charge is 0.310 e. The number of fused-ring (bicyclic) bond motifs is 1. The Labute approximate surface area is 159 Å². The van der Waals surface area contributed by atoms with Crippen LogP contribution in [0.1, 0.15) is 27.6 Å². The van der Waals surface area contributed by atoms with Crippen molar-refractivity contribution < 1.29 is 13.6 Å². The maximum Gasteiger partial charge on any atom is 0.235 e. The van der Waals surface area contributed by atoms with Crippen molar-refractivity contribution in [1.29, 1.82) is 0 Å². The third-order valence-corrected chi connectivity index (χ3v) is 5.80. The van der Waals surface area contributed by atoms with Gasteiger partial charge in [-0.05, 0) is 32.0 Å². The van der Waals surface area contributed by atoms with Crippen LogP contribution in [0.2, 0.25) is 0 Å². The SMILES string of the molecule is Cc1ccc(-n2nc(C)c3c2NC(=O)CSC3c2cccc(F)c2F)cc1. The Morgan fingerprint density at radius 1 is 1.15 bits per heavy atom. The van der Waals surface area contributed by atoms with Crippen LogP contribution in [0.3, 0.4) is 0 Å². The highest BCUT2D eigenvalue weighted by Crippen LogP contribution is 2.44. The minimum atomic E-state index is -0.901. The van der Waals surface area contributed by atoms with E-state index in [1.165, 1.54) is 17.8 Å². The van der Waals surface area contributed by atoms with Crippen molar-refractivity contribution in [3.63, 3.8) is 0 Å². The number of benzene rings is 2. The fourth-order valence-corrected chi connectivity index (χ4v) is 4.43. The van der Waals surface area contributed by atoms with E-state index in [0.717, 1.165) is 17.3 Å². The van der Waals surface area contributed by atoms with Crippen molar-refractivity contribution in [2.24, 2.45) is 0 Å². The van der Waals surface area contributed by atoms with E-state index in [2.05, 4.69) is 10.4 Å². The molecule has 3 aromatic rings. The Morgan fingerprint density at radius 2 is 1.89 bits per heavy atom. The Bertz CT molecular complexity index is 1030. The zero-order chi connectivity index (χ0) is 19.1. The van der Waals surface area contributed by atoms with E-state index in [4.69, 9.17) is 0 Å². The minimum absolute atomic E-state index is 0.142. The first kappa shape index (κ1) is 17.7. The molecular weight excluding hydrogens is 368 g/mol. The maximum atomic E-state index is 14.5. The van der Waals surface area contributed by atoms with Crippen LogP contribution >= 0.6 is 11.8 Å². The van der Waals surface area contributed by atoms with Crippen molar-refractivity contribution in [3.8, 4) is 5.69 Å². The molecule has 0 spiro atoms. The van der Waals surface area contributed by atoms with Gasteiger partial charge in [-0.1, -0.05) is 29.8 Å². The first-order valence-corrected chi connectivity index (χ1v) is 9.52. The molecule has 0 radical (unpaired) electrons. The van der Waals surface area contributed by atoms with Crippen LogP contribution < -0.4 is 5.32 Å². The minimum Gasteiger partial charge on any atom is -0.310 e. The Kier molecular flexibility index (Phi) is 4.47. The monoisotopic (exact) mass is 385 g/mol. The number of thioether (sulfide) groups is 1. The second-order valence-electron chi connectivity index (χ2n) is 6.48. The molecule has 2 aromatic carbocycles. The molecule has 4 rings (SSSR count). The molecule has 1 amide bonds. The topological polar surface area (TPSA) is 46.9 Å². The summed E-state index contributed by atoms with van der Waals surface area (Å²) < 4.78 is 30.0. The predicted molar refractivity (Wildman–Crippen MR) is 102 cm³/mol. The lowest BCUT2D eigenvalue weighted by Crippen LogP contribution is -2.15. The number of aryl methyl sites for hydroxylation is 2. The van der Waals surface area contributed by atoms with Crippen LogP contribution in [-0.4, -0.2) is 21.4 Å². The number of rotatable bonds is 2. The second kappa shape index (κ2) is 6.81. The fourth-order valence-electron chi connectivity index (χ4n) is 3.23. The molecule has 1 atom stereocenters. The summed E-state index contributed by atoms with van der Waals surface area (Å²) in [5, 5.41) is 6.92. The number of nitrogens with zero attached hydrogens (tertiary/aromatic N) is 2. The Balaban J connectivity index is 1.91. The van der Waals surface area contributed by atoms with Crippen LogP contribution in [0.4, 0.5) is 14.6 Å². The van der Waals surface area contributed by atoms with E-state index >= 15 is 0 Å². The van der Waals surface area contributed by atoms with Crippen LogP contribution in [0.25, 0.3) is 5.69 Å². The van der Waals surface area contributed by atoms with Gasteiger partial charge in [0.2, 0.25) is 5.91 Å². The highest BCUT2D eigenvalue weighted by molar-refractivity contribution is 8.00. The predicted octanol–water partition coefficient (Wildman–Crippen LogP) is 4.54. The molecule has 0 saturated carbocycles. The smallest absolute Gasteiger partial charge is 0.235 e. The van der Waals surface area contributed by atoms with Gasteiger partial charge in [-0.25, -0.2) is 13.5 Å². The number of halogens is 2. The molecule has 7 heteroatoms. The second-order valence-corrected chi connectivity index (χ2v) is 7.57. The molecule has 2 heterocycles. The normalized spacial score (nSPS) is 16.6. The van der Waals surface area contributed by atoms with Crippen LogP contribution in [0.15, 0.2) is 42.5 Å². The van der Waals surface area contributed by atoms with Crippen molar-refractivity contribution in [3.05, 3.63) is 76.5 Å². The molecule has 1 unspecified atom stereocenters. The van der Waals surface area contributed by atoms with Crippen LogP contribution in [0, 0.1) is 25.5 Å². The fraction of sp³-hybridized carbons (Fsp3) is 0.200. The zero-order valence-electron chi connectivity index (χ0n) is 14.8. The van der Waals surface area contributed by atoms with Crippen molar-refractivity contribution >= 4 is 23.5 Å². The molecule has 0 fully saturated rings. The number of hydrogen-bond acceptors (Lipinski definition) is 3. The van der Waals surface area contributed by atoms with Crippen LogP contribution in [-0.2, 0) is 4.79 Å². The van der Waals surface area contributed by atoms with Gasteiger partial charge >= 0.3 is 0 Å². The quantitative estimate of drug-likeness (QED) is 0.704. The summed E-state index contributed by atoms with van der Waals surface area (Å²) in [5.74, 6) is -1.35. The third kappa shape index (κ3) is 3.12. The summed E-state index contributed by atoms with van der Waals surface area (Å²) in [6.45, 7) is 3.80. The number of carbonyl (C=O) groups excluding carboxylic acids is 1. The van der Waals surface area contributed by atoms with Gasteiger partial charge < -0.3 is 5.32 Å². The molecule has 0 saturated heterocycles. The summed E-state index contributed by atoms with van der Waals surface area (Å²) in [5.41, 5.74) is 3.46. The average molecular weight is 385 g/mol. The van der Waals surface area contributed by atoms with Gasteiger partial charge in [0.25, 0.3) is 0 Å². The molecule has 1 aliphatic rings. The molecule has 1 aromatic heterocycles. The van der Waals surface area contributed by atoms with Gasteiger partial charge in [0.15, 0.2) is 11.6 Å². The van der Waals surface area contributed by atoms with E-state index < -0.39 is 16.9 Å². The van der Waals surface area contributed by atoms with E-state index in [-0.39, 0.29) is 17.2 Å². The maximum absolute atomic E-state index is 14.5. The number of amides is 1. The van der Waals surface area contributed by atoms with Gasteiger partial charge in [-0.3, -0.25) is 4.79 Å². The van der Waals surface area contributed by atoms with Gasteiger partial charge in [0.1, 0.15) is 5.82 Å². The lowest BCUT2D eigenvalue weighted by atomic mass is 10.0. The number of aromatic nitrogens is 2. The average Bonchev–Trinajstić information content (AvgIpc) is 2.84. The van der Waals surface area contributed by atoms with Crippen LogP contribution in [0.5, 0.6) is 0 Å². The first-order chi connectivity index (χ1) is 13.0. The highest BCUT2D eigenvalue weighted by Gasteiger charge is 2.32. The van der Waals surface area contributed by atoms with Gasteiger partial charge in [-0.2, -0.15) is 5.10 Å². The molecule has 1 N–H and O–H groups in total. The third-order valence-electron chi connectivity index (χ3n) is 4.55. The van der Waals surface area contributed by atoms with E-state index in [9.17, 15) is 13.6 Å². The molecule has 138 valence electrons. The van der Waals surface area contributed by atoms with Crippen molar-refractivity contribution in [2.45, 2.75) is 19.1 Å². The van der Waals surface area contributed by atoms with E-state index in [1.54, 1.807) is 10.7 Å². The Morgan fingerprint density at radius 3 is 2.63 bits per heavy atom. The van der Waals surface area contributed by atoms with Gasteiger partial charge in [0, 0.05) is 11.1 Å². The lowest BCUT2D eigenvalue weighted by molar-refractivity contribution is -0.113. The molecule has 0 aliphatic carbocycles. The van der Waals surface area contributed by atoms with E-state index in [0.29, 0.717) is 17.1 Å². The summed E-state index contributed by atoms with van der Waals surface area (Å²) in [4.78, 5) is 12.3. The number of anilines is 1. The number of carbonyl (C=O) groups is 1. The Hall–Kier alpha value is -2.67. The standard InChI is InChI=1S/C20H17F2N3OS/c1-11-6-8-13(9-7-11)25-20-17(12(2)24-25)19(27-10-16(26)23-20)14-4-3-5-15(21)18(14)22/h3-9,19H,10H2,1-2H3,(H,23,26). The lowest BCUT2D eigenvalue weighted by Gasteiger charge is -2.16. The summed E-state index contributed by atoms with van der Waals surface area (Å²) in [6, 6.07) is 11.8. The summed E-state index contributed by atoms with van der Waals surface area (Å²) >= 11 is 1.26. The summed E-state index contributed by atoms with van der Waals surface area (Å²) in [7, 11) is 0. The molecule has 4 nitrogen and oxygen atoms in total. The zero-order valence-corrected chi connectivity index (χ0v) is 15.6. The molecular formula is C20H17F2N3OS. The molecule has 1 aliphatic heterocycles. The number of hydrogen-bond donors (Lipinski definition) is 1. The summed E-state index contributed by atoms with van der Waals surface area (Å²) in [6.07, 6.45) is 0. The first-order valence-electron chi connectivity index (χ1n) is 8.47. The van der Waals surface area contributed by atoms with E-state index in [1.807, 2.05) is 38.1 Å². The molecule has 0 bridgehead atoms. The van der Waals surface area contributed by atoms with Crippen molar-refractivity contribution in [1.82, 2.24) is 9.78 Å². The number of nitrogens with one attached hydrogen (secondary N) is 1. The highest BCUT2D eigenvalue weighted by atomic mass is 32.2. The molecule has 27 heavy (non-hydrogen) atoms. The van der Waals surface area contributed by atoms with Gasteiger partial charge in [-0.15, -0.1) is 11.8 Å². The van der Waals surface area contributed by atoms with Gasteiger partial charge in [0.05, 0.1) is 22.4 Å². The van der Waals surface area contributed by atoms with Crippen molar-refractivity contribution in [2.75, 3.05) is 11.1 Å².